The number of likely N-dealkylation sites (N-methyl/N-ethyl adjacent to an activating group) is 1. The number of aliphatic hydroxyl groups excluding tert-OH is 1. The molecule has 1 fully saturated rings. The first-order valence-corrected chi connectivity index (χ1v) is 7.34. The van der Waals surface area contributed by atoms with Gasteiger partial charge >= 0.3 is 0 Å². The lowest BCUT2D eigenvalue weighted by atomic mass is 9.95. The van der Waals surface area contributed by atoms with E-state index in [0.29, 0.717) is 12.5 Å². The highest BCUT2D eigenvalue weighted by atomic mass is 16.3. The average Bonchev–Trinajstić information content (AvgIpc) is 2.36. The lowest BCUT2D eigenvalue weighted by molar-refractivity contribution is -0.138. The Morgan fingerprint density at radius 3 is 2.61 bits per heavy atom. The van der Waals surface area contributed by atoms with Gasteiger partial charge in [-0.15, -0.1) is 0 Å². The van der Waals surface area contributed by atoms with Gasteiger partial charge in [-0.25, -0.2) is 0 Å². The smallest absolute Gasteiger partial charge is 0.239 e. The van der Waals surface area contributed by atoms with Gasteiger partial charge in [0.25, 0.3) is 0 Å². The summed E-state index contributed by atoms with van der Waals surface area (Å²) >= 11 is 0. The molecule has 2 N–H and O–H groups in total. The number of rotatable bonds is 7. The third-order valence-corrected chi connectivity index (χ3v) is 3.98. The summed E-state index contributed by atoms with van der Waals surface area (Å²) in [7, 11) is 0. The Bertz CT molecular complexity index is 252. The summed E-state index contributed by atoms with van der Waals surface area (Å²) < 4.78 is 0. The zero-order valence-electron chi connectivity index (χ0n) is 12.0. The third kappa shape index (κ3) is 3.95. The Labute approximate surface area is 111 Å². The van der Waals surface area contributed by atoms with E-state index in [0.717, 1.165) is 38.8 Å². The van der Waals surface area contributed by atoms with Crippen molar-refractivity contribution in [2.24, 2.45) is 5.92 Å². The molecule has 0 bridgehead atoms. The third-order valence-electron chi connectivity index (χ3n) is 3.98. The topological polar surface area (TPSA) is 52.6 Å². The summed E-state index contributed by atoms with van der Waals surface area (Å²) in [6.45, 7) is 8.31. The second kappa shape index (κ2) is 7.74. The molecule has 1 aliphatic heterocycles. The molecule has 0 aliphatic carbocycles. The first-order valence-electron chi connectivity index (χ1n) is 7.34. The molecule has 2 atom stereocenters. The molecule has 1 heterocycles. The molecule has 106 valence electrons. The van der Waals surface area contributed by atoms with Crippen molar-refractivity contribution < 1.29 is 9.90 Å². The second-order valence-corrected chi connectivity index (χ2v) is 5.18. The highest BCUT2D eigenvalue weighted by molar-refractivity contribution is 5.82. The van der Waals surface area contributed by atoms with Crippen LogP contribution in [0, 0.1) is 5.92 Å². The van der Waals surface area contributed by atoms with E-state index < -0.39 is 0 Å². The van der Waals surface area contributed by atoms with Crippen molar-refractivity contribution in [3.05, 3.63) is 0 Å². The van der Waals surface area contributed by atoms with Gasteiger partial charge in [0.15, 0.2) is 0 Å². The van der Waals surface area contributed by atoms with Crippen molar-refractivity contribution >= 4 is 5.91 Å². The van der Waals surface area contributed by atoms with E-state index in [2.05, 4.69) is 19.2 Å². The van der Waals surface area contributed by atoms with Gasteiger partial charge in [-0.3, -0.25) is 4.79 Å². The van der Waals surface area contributed by atoms with Crippen molar-refractivity contribution in [2.45, 2.75) is 58.6 Å². The van der Waals surface area contributed by atoms with E-state index >= 15 is 0 Å². The molecule has 1 rings (SSSR count). The number of hydrogen-bond acceptors (Lipinski definition) is 3. The summed E-state index contributed by atoms with van der Waals surface area (Å²) in [5.41, 5.74) is 0. The summed E-state index contributed by atoms with van der Waals surface area (Å²) in [4.78, 5) is 14.0. The molecule has 1 saturated heterocycles. The van der Waals surface area contributed by atoms with Crippen LogP contribution in [0.4, 0.5) is 0 Å². The molecule has 4 heteroatoms. The van der Waals surface area contributed by atoms with Gasteiger partial charge in [0.1, 0.15) is 0 Å². The number of nitrogens with one attached hydrogen (secondary N) is 1. The van der Waals surface area contributed by atoms with Crippen LogP contribution in [0.1, 0.15) is 46.5 Å². The number of carbonyl (C=O) groups excluding carboxylic acids is 1. The number of amides is 1. The van der Waals surface area contributed by atoms with Crippen LogP contribution in [-0.2, 0) is 4.79 Å². The van der Waals surface area contributed by atoms with Gasteiger partial charge in [0.2, 0.25) is 5.91 Å². The largest absolute Gasteiger partial charge is 0.391 e. The number of likely N-dealkylation sites (tertiary alicyclic amines) is 1. The number of hydrogen-bond donors (Lipinski definition) is 2. The van der Waals surface area contributed by atoms with E-state index in [4.69, 9.17) is 0 Å². The van der Waals surface area contributed by atoms with Crippen LogP contribution in [0.25, 0.3) is 0 Å². The molecule has 18 heavy (non-hydrogen) atoms. The molecule has 0 aromatic rings. The zero-order chi connectivity index (χ0) is 13.5. The van der Waals surface area contributed by atoms with Crippen LogP contribution < -0.4 is 5.32 Å². The first-order chi connectivity index (χ1) is 8.63. The summed E-state index contributed by atoms with van der Waals surface area (Å²) in [6.07, 6.45) is 3.50. The van der Waals surface area contributed by atoms with Gasteiger partial charge < -0.3 is 15.3 Å². The molecule has 0 aromatic heterocycles. The molecule has 1 aliphatic rings. The van der Waals surface area contributed by atoms with Gasteiger partial charge in [0, 0.05) is 13.1 Å². The molecule has 2 unspecified atom stereocenters. The second-order valence-electron chi connectivity index (χ2n) is 5.18. The maximum Gasteiger partial charge on any atom is 0.239 e. The quantitative estimate of drug-likeness (QED) is 0.723. The molecular formula is C14H28N2O2. The van der Waals surface area contributed by atoms with Gasteiger partial charge in [-0.05, 0) is 25.3 Å². The van der Waals surface area contributed by atoms with Crippen molar-refractivity contribution in [2.75, 3.05) is 19.6 Å². The lowest BCUT2D eigenvalue weighted by Crippen LogP contribution is -2.53. The molecule has 1 amide bonds. The normalized spacial score (nSPS) is 22.6. The van der Waals surface area contributed by atoms with E-state index in [1.165, 1.54) is 0 Å². The van der Waals surface area contributed by atoms with Crippen molar-refractivity contribution in [3.63, 3.8) is 0 Å². The van der Waals surface area contributed by atoms with E-state index in [-0.39, 0.29) is 18.1 Å². The first kappa shape index (κ1) is 15.4. The molecule has 4 nitrogen and oxygen atoms in total. The Morgan fingerprint density at radius 1 is 1.39 bits per heavy atom. The molecule has 0 spiro atoms. The molecule has 0 saturated carbocycles. The van der Waals surface area contributed by atoms with Crippen molar-refractivity contribution in [3.8, 4) is 0 Å². The fourth-order valence-corrected chi connectivity index (χ4v) is 2.77. The maximum atomic E-state index is 12.2. The molecule has 0 radical (unpaired) electrons. The number of nitrogens with zero attached hydrogens (tertiary/aromatic N) is 1. The summed E-state index contributed by atoms with van der Waals surface area (Å²) in [6, 6.07) is -0.0438. The average molecular weight is 256 g/mol. The number of carbonyl (C=O) groups is 1. The van der Waals surface area contributed by atoms with Crippen LogP contribution in [-0.4, -0.2) is 47.7 Å². The number of piperidine rings is 1. The molecule has 0 aromatic carbocycles. The standard InChI is InChI=1S/C14H28N2O2/c1-4-11(5-2)13(17)10-16-9-7-8-12(14(16)18)15-6-3/h11-13,15,17H,4-10H2,1-3H3. The van der Waals surface area contributed by atoms with Gasteiger partial charge in [0.05, 0.1) is 12.1 Å². The fraction of sp³-hybridized carbons (Fsp3) is 0.929. The highest BCUT2D eigenvalue weighted by Crippen LogP contribution is 2.17. The summed E-state index contributed by atoms with van der Waals surface area (Å²) in [5.74, 6) is 0.463. The Morgan fingerprint density at radius 2 is 2.06 bits per heavy atom. The Hall–Kier alpha value is -0.610. The van der Waals surface area contributed by atoms with E-state index in [9.17, 15) is 9.90 Å². The minimum atomic E-state index is -0.385. The Balaban J connectivity index is 2.52. The Kier molecular flexibility index (Phi) is 6.65. The lowest BCUT2D eigenvalue weighted by Gasteiger charge is -2.35. The minimum absolute atomic E-state index is 0.0438. The van der Waals surface area contributed by atoms with Crippen LogP contribution in [0.3, 0.4) is 0 Å². The van der Waals surface area contributed by atoms with E-state index in [1.807, 2.05) is 11.8 Å². The highest BCUT2D eigenvalue weighted by Gasteiger charge is 2.30. The zero-order valence-corrected chi connectivity index (χ0v) is 12.0. The minimum Gasteiger partial charge on any atom is -0.391 e. The monoisotopic (exact) mass is 256 g/mol. The number of aliphatic hydroxyl groups is 1. The molecular weight excluding hydrogens is 228 g/mol. The van der Waals surface area contributed by atoms with E-state index in [1.54, 1.807) is 0 Å². The van der Waals surface area contributed by atoms with Crippen molar-refractivity contribution in [1.29, 1.82) is 0 Å². The fourth-order valence-electron chi connectivity index (χ4n) is 2.77. The predicted octanol–water partition coefficient (Wildman–Crippen LogP) is 1.38. The predicted molar refractivity (Wildman–Crippen MR) is 73.4 cm³/mol. The SMILES string of the molecule is CCNC1CCCN(CC(O)C(CC)CC)C1=O. The van der Waals surface area contributed by atoms with Crippen LogP contribution >= 0.6 is 0 Å². The van der Waals surface area contributed by atoms with Crippen LogP contribution in [0.15, 0.2) is 0 Å². The van der Waals surface area contributed by atoms with Crippen molar-refractivity contribution in [1.82, 2.24) is 10.2 Å². The van der Waals surface area contributed by atoms with Crippen LogP contribution in [0.5, 0.6) is 0 Å². The van der Waals surface area contributed by atoms with Crippen LogP contribution in [0.2, 0.25) is 0 Å². The van der Waals surface area contributed by atoms with Gasteiger partial charge in [-0.2, -0.15) is 0 Å². The number of β-amino-alcohol motifs (C(OH)–C–C–N with tert-alkyl or cyclic N) is 1. The summed E-state index contributed by atoms with van der Waals surface area (Å²) in [5, 5.41) is 13.4. The van der Waals surface area contributed by atoms with Gasteiger partial charge in [-0.1, -0.05) is 33.6 Å². The maximum absolute atomic E-state index is 12.2.